The molecule has 3 nitrogen and oxygen atoms in total. The first kappa shape index (κ1) is 14.4. The Bertz CT molecular complexity index is 362. The minimum atomic E-state index is -0.357. The van der Waals surface area contributed by atoms with E-state index in [0.29, 0.717) is 23.3 Å². The summed E-state index contributed by atoms with van der Waals surface area (Å²) in [5, 5.41) is 12.3. The molecule has 0 aliphatic carbocycles. The van der Waals surface area contributed by atoms with E-state index in [-0.39, 0.29) is 18.5 Å². The third-order valence-corrected chi connectivity index (χ3v) is 2.85. The van der Waals surface area contributed by atoms with Crippen molar-refractivity contribution in [2.75, 3.05) is 13.2 Å². The Hall–Kier alpha value is -0.710. The first-order valence-electron chi connectivity index (χ1n) is 5.70. The van der Waals surface area contributed by atoms with Crippen LogP contribution >= 0.6 is 11.6 Å². The molecule has 0 aliphatic heterocycles. The third kappa shape index (κ3) is 4.58. The maximum absolute atomic E-state index is 13.5. The Balaban J connectivity index is 2.57. The number of hydrogen-bond donors (Lipinski definition) is 2. The molecule has 1 aromatic heterocycles. The summed E-state index contributed by atoms with van der Waals surface area (Å²) in [6.07, 6.45) is 0.727. The van der Waals surface area contributed by atoms with Crippen LogP contribution in [0.3, 0.4) is 0 Å². The fraction of sp³-hybridized carbons (Fsp3) is 0.583. The topological polar surface area (TPSA) is 45.1 Å². The molecule has 0 bridgehead atoms. The third-order valence-electron chi connectivity index (χ3n) is 2.64. The van der Waals surface area contributed by atoms with Crippen molar-refractivity contribution >= 4 is 11.6 Å². The molecule has 2 unspecified atom stereocenters. The van der Waals surface area contributed by atoms with Crippen LogP contribution in [0, 0.1) is 11.7 Å². The number of aliphatic hydroxyl groups excluding tert-OH is 1. The molecule has 1 heterocycles. The van der Waals surface area contributed by atoms with Gasteiger partial charge >= 0.3 is 0 Å². The van der Waals surface area contributed by atoms with E-state index < -0.39 is 0 Å². The van der Waals surface area contributed by atoms with E-state index in [4.69, 9.17) is 16.7 Å². The second-order valence-electron chi connectivity index (χ2n) is 4.25. The minimum absolute atomic E-state index is 0.168. The second-order valence-corrected chi connectivity index (χ2v) is 4.64. The summed E-state index contributed by atoms with van der Waals surface area (Å²) < 4.78 is 13.5. The van der Waals surface area contributed by atoms with Gasteiger partial charge in [0, 0.05) is 12.6 Å². The Labute approximate surface area is 106 Å². The van der Waals surface area contributed by atoms with Crippen LogP contribution in [0.15, 0.2) is 12.1 Å². The molecular formula is C12H18ClFN2O. The monoisotopic (exact) mass is 260 g/mol. The maximum atomic E-state index is 13.5. The Morgan fingerprint density at radius 3 is 2.82 bits per heavy atom. The first-order valence-corrected chi connectivity index (χ1v) is 6.08. The summed E-state index contributed by atoms with van der Waals surface area (Å²) in [4.78, 5) is 3.98. The Kier molecular flexibility index (Phi) is 5.82. The molecule has 0 spiro atoms. The van der Waals surface area contributed by atoms with E-state index in [1.807, 2.05) is 13.8 Å². The van der Waals surface area contributed by atoms with Gasteiger partial charge in [-0.3, -0.25) is 0 Å². The second kappa shape index (κ2) is 6.89. The van der Waals surface area contributed by atoms with Gasteiger partial charge in [0.15, 0.2) is 0 Å². The van der Waals surface area contributed by atoms with Crippen LogP contribution in [0.25, 0.3) is 0 Å². The molecule has 0 fully saturated rings. The number of aromatic nitrogens is 1. The average Bonchev–Trinajstić information content (AvgIpc) is 2.29. The quantitative estimate of drug-likeness (QED) is 0.773. The molecule has 0 radical (unpaired) electrons. The van der Waals surface area contributed by atoms with Crippen LogP contribution in [0.1, 0.15) is 32.0 Å². The lowest BCUT2D eigenvalue weighted by Crippen LogP contribution is -2.26. The highest BCUT2D eigenvalue weighted by atomic mass is 35.5. The first-order chi connectivity index (χ1) is 8.04. The summed E-state index contributed by atoms with van der Waals surface area (Å²) in [5.41, 5.74) is 0.327. The van der Waals surface area contributed by atoms with Crippen molar-refractivity contribution in [3.8, 4) is 0 Å². The highest BCUT2D eigenvalue weighted by Gasteiger charge is 2.13. The lowest BCUT2D eigenvalue weighted by molar-refractivity contribution is 0.258. The standard InChI is InChI=1S/C12H18ClFN2O/c1-8(5-6-17)7-15-9(2)12-10(14)3-4-11(13)16-12/h3-4,8-9,15,17H,5-7H2,1-2H3. The van der Waals surface area contributed by atoms with Crippen molar-refractivity contribution in [3.05, 3.63) is 28.8 Å². The molecule has 1 aromatic rings. The summed E-state index contributed by atoms with van der Waals surface area (Å²) >= 11 is 5.73. The number of halogens is 2. The predicted octanol–water partition coefficient (Wildman–Crippen LogP) is 2.54. The molecule has 1 rings (SSSR count). The molecular weight excluding hydrogens is 243 g/mol. The molecule has 96 valence electrons. The van der Waals surface area contributed by atoms with Crippen LogP contribution in [0.2, 0.25) is 5.15 Å². The van der Waals surface area contributed by atoms with Crippen molar-refractivity contribution < 1.29 is 9.50 Å². The van der Waals surface area contributed by atoms with E-state index in [2.05, 4.69) is 10.3 Å². The highest BCUT2D eigenvalue weighted by molar-refractivity contribution is 6.29. The summed E-state index contributed by atoms with van der Waals surface area (Å²) in [6.45, 7) is 4.74. The van der Waals surface area contributed by atoms with Gasteiger partial charge in [0.25, 0.3) is 0 Å². The number of hydrogen-bond acceptors (Lipinski definition) is 3. The summed E-state index contributed by atoms with van der Waals surface area (Å²) in [5.74, 6) is -0.0195. The summed E-state index contributed by atoms with van der Waals surface area (Å²) in [7, 11) is 0. The van der Waals surface area contributed by atoms with Crippen LogP contribution in [-0.4, -0.2) is 23.2 Å². The van der Waals surface area contributed by atoms with Crippen LogP contribution in [0.4, 0.5) is 4.39 Å². The van der Waals surface area contributed by atoms with Crippen LogP contribution in [0.5, 0.6) is 0 Å². The lowest BCUT2D eigenvalue weighted by Gasteiger charge is -2.17. The Morgan fingerprint density at radius 2 is 2.18 bits per heavy atom. The van der Waals surface area contributed by atoms with Gasteiger partial charge in [-0.1, -0.05) is 18.5 Å². The van der Waals surface area contributed by atoms with Crippen molar-refractivity contribution in [3.63, 3.8) is 0 Å². The molecule has 0 saturated heterocycles. The van der Waals surface area contributed by atoms with E-state index in [9.17, 15) is 4.39 Å². The van der Waals surface area contributed by atoms with Gasteiger partial charge in [0.05, 0.1) is 5.69 Å². The van der Waals surface area contributed by atoms with Gasteiger partial charge in [0.1, 0.15) is 11.0 Å². The van der Waals surface area contributed by atoms with Gasteiger partial charge in [0.2, 0.25) is 0 Å². The number of pyridine rings is 1. The van der Waals surface area contributed by atoms with E-state index >= 15 is 0 Å². The van der Waals surface area contributed by atoms with Crippen molar-refractivity contribution in [2.45, 2.75) is 26.3 Å². The number of rotatable bonds is 6. The SMILES string of the molecule is CC(CCO)CNC(C)c1nc(Cl)ccc1F. The zero-order valence-electron chi connectivity index (χ0n) is 10.1. The number of aliphatic hydroxyl groups is 1. The Morgan fingerprint density at radius 1 is 1.47 bits per heavy atom. The minimum Gasteiger partial charge on any atom is -0.396 e. The molecule has 0 amide bonds. The van der Waals surface area contributed by atoms with E-state index in [1.54, 1.807) is 0 Å². The van der Waals surface area contributed by atoms with Gasteiger partial charge in [-0.15, -0.1) is 0 Å². The molecule has 2 atom stereocenters. The van der Waals surface area contributed by atoms with Crippen molar-refractivity contribution in [1.29, 1.82) is 0 Å². The average molecular weight is 261 g/mol. The summed E-state index contributed by atoms with van der Waals surface area (Å²) in [6, 6.07) is 2.55. The maximum Gasteiger partial charge on any atom is 0.146 e. The smallest absolute Gasteiger partial charge is 0.146 e. The molecule has 0 saturated carbocycles. The lowest BCUT2D eigenvalue weighted by atomic mass is 10.1. The van der Waals surface area contributed by atoms with Gasteiger partial charge in [-0.05, 0) is 37.9 Å². The molecule has 2 N–H and O–H groups in total. The fourth-order valence-corrected chi connectivity index (χ4v) is 1.69. The molecule has 0 aromatic carbocycles. The van der Waals surface area contributed by atoms with E-state index in [1.165, 1.54) is 12.1 Å². The van der Waals surface area contributed by atoms with Gasteiger partial charge < -0.3 is 10.4 Å². The van der Waals surface area contributed by atoms with E-state index in [0.717, 1.165) is 6.42 Å². The van der Waals surface area contributed by atoms with Crippen LogP contribution in [-0.2, 0) is 0 Å². The molecule has 17 heavy (non-hydrogen) atoms. The normalized spacial score (nSPS) is 14.6. The zero-order valence-corrected chi connectivity index (χ0v) is 10.8. The largest absolute Gasteiger partial charge is 0.396 e. The van der Waals surface area contributed by atoms with Gasteiger partial charge in [-0.2, -0.15) is 0 Å². The van der Waals surface area contributed by atoms with Crippen molar-refractivity contribution in [1.82, 2.24) is 10.3 Å². The molecule has 0 aliphatic rings. The number of nitrogens with one attached hydrogen (secondary N) is 1. The predicted molar refractivity (Wildman–Crippen MR) is 66.5 cm³/mol. The van der Waals surface area contributed by atoms with Crippen molar-refractivity contribution in [2.24, 2.45) is 5.92 Å². The highest BCUT2D eigenvalue weighted by Crippen LogP contribution is 2.17. The zero-order chi connectivity index (χ0) is 12.8. The number of nitrogens with zero attached hydrogens (tertiary/aromatic N) is 1. The van der Waals surface area contributed by atoms with Gasteiger partial charge in [-0.25, -0.2) is 9.37 Å². The molecule has 5 heteroatoms. The fourth-order valence-electron chi connectivity index (χ4n) is 1.53. The van der Waals surface area contributed by atoms with Crippen LogP contribution < -0.4 is 5.32 Å².